The highest BCUT2D eigenvalue weighted by Gasteiger charge is 2.40. The Morgan fingerprint density at radius 2 is 1.86 bits per heavy atom. The number of fused-ring (bicyclic) bond motifs is 1. The highest BCUT2D eigenvalue weighted by molar-refractivity contribution is 6.06. The molecule has 2 aliphatic heterocycles. The highest BCUT2D eigenvalue weighted by Crippen LogP contribution is 2.41. The molecule has 3 aromatic rings. The standard InChI is InChI=1S/C33H40F3N5O3/c1-31(2,43)19-41-15-13-20(14-16-41)22-10-12-25(27(17-22)44-5)40-30-37-18-23(33(34,35)36)24(39-30)11-9-21-7-6-8-26-28(21)32(3,4)29(42)38-26/h6-8,10,12,17-18,20,43H,9,11,13-16,19H2,1-5H3,(H,38,42)(H,37,39,40). The lowest BCUT2D eigenvalue weighted by Crippen LogP contribution is -2.42. The third kappa shape index (κ3) is 6.83. The lowest BCUT2D eigenvalue weighted by molar-refractivity contribution is -0.138. The fraction of sp³-hybridized carbons (Fsp3) is 0.485. The number of ether oxygens (including phenoxy) is 1. The lowest BCUT2D eigenvalue weighted by atomic mass is 9.82. The van der Waals surface area contributed by atoms with Gasteiger partial charge in [0.05, 0.1) is 35.1 Å². The van der Waals surface area contributed by atoms with Gasteiger partial charge in [-0.3, -0.25) is 4.79 Å². The molecule has 0 spiro atoms. The predicted octanol–water partition coefficient (Wildman–Crippen LogP) is 6.21. The van der Waals surface area contributed by atoms with Crippen molar-refractivity contribution in [1.29, 1.82) is 0 Å². The Kier molecular flexibility index (Phi) is 8.65. The van der Waals surface area contributed by atoms with Gasteiger partial charge in [-0.05, 0) is 107 Å². The summed E-state index contributed by atoms with van der Waals surface area (Å²) in [5, 5.41) is 16.1. The number of methoxy groups -OCH3 is 1. The number of rotatable bonds is 9. The molecular formula is C33H40F3N5O3. The minimum atomic E-state index is -4.62. The summed E-state index contributed by atoms with van der Waals surface area (Å²) in [6.45, 7) is 9.65. The van der Waals surface area contributed by atoms with E-state index in [1.165, 1.54) is 0 Å². The molecule has 2 aliphatic rings. The Morgan fingerprint density at radius 3 is 2.52 bits per heavy atom. The topological polar surface area (TPSA) is 99.6 Å². The summed E-state index contributed by atoms with van der Waals surface area (Å²) in [7, 11) is 1.55. The molecule has 3 N–H and O–H groups in total. The Labute approximate surface area is 256 Å². The van der Waals surface area contributed by atoms with Gasteiger partial charge >= 0.3 is 6.18 Å². The number of aryl methyl sites for hydroxylation is 2. The molecule has 0 radical (unpaired) electrons. The van der Waals surface area contributed by atoms with E-state index in [1.54, 1.807) is 19.2 Å². The molecule has 1 aromatic heterocycles. The van der Waals surface area contributed by atoms with Crippen molar-refractivity contribution in [3.05, 3.63) is 70.5 Å². The van der Waals surface area contributed by atoms with E-state index in [1.807, 2.05) is 52.0 Å². The van der Waals surface area contributed by atoms with Crippen LogP contribution in [-0.4, -0.2) is 58.2 Å². The molecule has 1 saturated heterocycles. The highest BCUT2D eigenvalue weighted by atomic mass is 19.4. The van der Waals surface area contributed by atoms with Crippen LogP contribution < -0.4 is 15.4 Å². The second-order valence-corrected chi connectivity index (χ2v) is 12.9. The second kappa shape index (κ2) is 12.0. The van der Waals surface area contributed by atoms with Crippen LogP contribution in [0, 0.1) is 0 Å². The van der Waals surface area contributed by atoms with Crippen molar-refractivity contribution in [1.82, 2.24) is 14.9 Å². The Morgan fingerprint density at radius 1 is 1.14 bits per heavy atom. The molecule has 0 aliphatic carbocycles. The molecule has 5 rings (SSSR count). The number of carbonyl (C=O) groups excluding carboxylic acids is 1. The zero-order valence-corrected chi connectivity index (χ0v) is 25.8. The molecule has 8 nitrogen and oxygen atoms in total. The number of alkyl halides is 3. The summed E-state index contributed by atoms with van der Waals surface area (Å²) in [6, 6.07) is 11.2. The Balaban J connectivity index is 1.34. The minimum absolute atomic E-state index is 0.00893. The Bertz CT molecular complexity index is 1530. The number of halogens is 3. The van der Waals surface area contributed by atoms with Crippen LogP contribution in [0.1, 0.15) is 74.4 Å². The maximum absolute atomic E-state index is 14.0. The molecule has 3 heterocycles. The van der Waals surface area contributed by atoms with Crippen LogP contribution in [0.5, 0.6) is 5.75 Å². The van der Waals surface area contributed by atoms with Gasteiger partial charge in [0.25, 0.3) is 0 Å². The summed E-state index contributed by atoms with van der Waals surface area (Å²) >= 11 is 0. The fourth-order valence-corrected chi connectivity index (χ4v) is 6.36. The average molecular weight is 612 g/mol. The zero-order chi connectivity index (χ0) is 31.9. The van der Waals surface area contributed by atoms with E-state index in [9.17, 15) is 23.1 Å². The maximum atomic E-state index is 14.0. The number of hydrogen-bond donors (Lipinski definition) is 3. The van der Waals surface area contributed by atoms with Crippen molar-refractivity contribution < 1.29 is 27.8 Å². The Hall–Kier alpha value is -3.70. The van der Waals surface area contributed by atoms with Crippen LogP contribution in [0.3, 0.4) is 0 Å². The first-order chi connectivity index (χ1) is 20.7. The fourth-order valence-electron chi connectivity index (χ4n) is 6.36. The van der Waals surface area contributed by atoms with Crippen LogP contribution in [0.15, 0.2) is 42.6 Å². The molecule has 1 amide bonds. The van der Waals surface area contributed by atoms with E-state index in [0.717, 1.165) is 48.8 Å². The van der Waals surface area contributed by atoms with Crippen molar-refractivity contribution in [3.63, 3.8) is 0 Å². The number of β-amino-alcohol motifs (C(OH)–C–C–N with tert-alkyl or cyclic N) is 1. The quantitative estimate of drug-likeness (QED) is 0.265. The number of amides is 1. The van der Waals surface area contributed by atoms with Crippen LogP contribution in [-0.2, 0) is 29.2 Å². The van der Waals surface area contributed by atoms with Crippen molar-refractivity contribution in [3.8, 4) is 5.75 Å². The van der Waals surface area contributed by atoms with Crippen molar-refractivity contribution in [2.75, 3.05) is 37.4 Å². The molecule has 11 heteroatoms. The lowest BCUT2D eigenvalue weighted by Gasteiger charge is -2.35. The number of nitrogens with zero attached hydrogens (tertiary/aromatic N) is 3. The molecule has 0 saturated carbocycles. The van der Waals surface area contributed by atoms with Gasteiger partial charge in [-0.15, -0.1) is 0 Å². The van der Waals surface area contributed by atoms with Gasteiger partial charge in [0.15, 0.2) is 0 Å². The zero-order valence-electron chi connectivity index (χ0n) is 25.8. The maximum Gasteiger partial charge on any atom is 0.419 e. The number of likely N-dealkylation sites (tertiary alicyclic amines) is 1. The second-order valence-electron chi connectivity index (χ2n) is 12.9. The summed E-state index contributed by atoms with van der Waals surface area (Å²) in [6.07, 6.45) is -1.63. The average Bonchev–Trinajstić information content (AvgIpc) is 3.19. The molecule has 0 unspecified atom stereocenters. The van der Waals surface area contributed by atoms with E-state index in [-0.39, 0.29) is 30.4 Å². The van der Waals surface area contributed by atoms with Gasteiger partial charge in [-0.25, -0.2) is 9.97 Å². The normalized spacial score (nSPS) is 17.3. The number of piperidine rings is 1. The van der Waals surface area contributed by atoms with Gasteiger partial charge in [0.2, 0.25) is 11.9 Å². The molecule has 2 aromatic carbocycles. The summed E-state index contributed by atoms with van der Waals surface area (Å²) in [4.78, 5) is 23.1. The first-order valence-corrected chi connectivity index (χ1v) is 14.9. The van der Waals surface area contributed by atoms with Gasteiger partial charge in [-0.1, -0.05) is 18.2 Å². The number of aliphatic hydroxyl groups is 1. The molecular weight excluding hydrogens is 571 g/mol. The number of carbonyl (C=O) groups is 1. The van der Waals surface area contributed by atoms with Gasteiger partial charge in [-0.2, -0.15) is 13.2 Å². The van der Waals surface area contributed by atoms with Crippen molar-refractivity contribution >= 4 is 23.2 Å². The monoisotopic (exact) mass is 611 g/mol. The molecule has 44 heavy (non-hydrogen) atoms. The molecule has 0 bridgehead atoms. The van der Waals surface area contributed by atoms with Crippen LogP contribution in [0.25, 0.3) is 0 Å². The third-order valence-electron chi connectivity index (χ3n) is 8.54. The van der Waals surface area contributed by atoms with Crippen molar-refractivity contribution in [2.45, 2.75) is 76.5 Å². The number of benzene rings is 2. The van der Waals surface area contributed by atoms with E-state index in [2.05, 4.69) is 25.5 Å². The first kappa shape index (κ1) is 31.7. The predicted molar refractivity (Wildman–Crippen MR) is 164 cm³/mol. The van der Waals surface area contributed by atoms with E-state index >= 15 is 0 Å². The number of nitrogens with one attached hydrogen (secondary N) is 2. The van der Waals surface area contributed by atoms with E-state index < -0.39 is 22.8 Å². The number of hydrogen-bond acceptors (Lipinski definition) is 7. The van der Waals surface area contributed by atoms with Gasteiger partial charge < -0.3 is 25.4 Å². The third-order valence-corrected chi connectivity index (χ3v) is 8.54. The minimum Gasteiger partial charge on any atom is -0.495 e. The van der Waals surface area contributed by atoms with Gasteiger partial charge in [0.1, 0.15) is 5.75 Å². The number of anilines is 3. The molecule has 236 valence electrons. The van der Waals surface area contributed by atoms with E-state index in [0.29, 0.717) is 29.6 Å². The van der Waals surface area contributed by atoms with E-state index in [4.69, 9.17) is 4.74 Å². The summed E-state index contributed by atoms with van der Waals surface area (Å²) < 4.78 is 47.6. The SMILES string of the molecule is COc1cc(C2CCN(CC(C)(C)O)CC2)ccc1Nc1ncc(C(F)(F)F)c(CCc2cccc3c2C(C)(C)C(=O)N3)n1. The first-order valence-electron chi connectivity index (χ1n) is 14.9. The summed E-state index contributed by atoms with van der Waals surface area (Å²) in [5.74, 6) is 0.778. The molecule has 1 fully saturated rings. The summed E-state index contributed by atoms with van der Waals surface area (Å²) in [5.41, 5.74) is 1.43. The molecule has 0 atom stereocenters. The van der Waals surface area contributed by atoms with Crippen LogP contribution in [0.4, 0.5) is 30.5 Å². The van der Waals surface area contributed by atoms with Crippen LogP contribution >= 0.6 is 0 Å². The largest absolute Gasteiger partial charge is 0.495 e. The number of aromatic nitrogens is 2. The van der Waals surface area contributed by atoms with Gasteiger partial charge in [0, 0.05) is 18.4 Å². The van der Waals surface area contributed by atoms with Crippen molar-refractivity contribution in [2.24, 2.45) is 0 Å². The smallest absolute Gasteiger partial charge is 0.419 e. The van der Waals surface area contributed by atoms with Crippen LogP contribution in [0.2, 0.25) is 0 Å².